The number of carbonyl (C=O) groups is 1. The highest BCUT2D eigenvalue weighted by Crippen LogP contribution is 2.32. The predicted octanol–water partition coefficient (Wildman–Crippen LogP) is 3.29. The van der Waals surface area contributed by atoms with Crippen molar-refractivity contribution in [2.24, 2.45) is 0 Å². The van der Waals surface area contributed by atoms with Crippen LogP contribution in [-0.4, -0.2) is 35.1 Å². The third kappa shape index (κ3) is 5.45. The lowest BCUT2D eigenvalue weighted by atomic mass is 10.2. The van der Waals surface area contributed by atoms with Crippen LogP contribution in [0.15, 0.2) is 40.1 Å². The van der Waals surface area contributed by atoms with Gasteiger partial charge >= 0.3 is 0 Å². The van der Waals surface area contributed by atoms with Gasteiger partial charge in [-0.25, -0.2) is 4.98 Å². The number of ether oxygens (including phenoxy) is 2. The van der Waals surface area contributed by atoms with Crippen molar-refractivity contribution in [2.45, 2.75) is 19.2 Å². The molecule has 1 amide bonds. The van der Waals surface area contributed by atoms with E-state index in [1.54, 1.807) is 44.6 Å². The number of benzene rings is 1. The summed E-state index contributed by atoms with van der Waals surface area (Å²) in [4.78, 5) is 17.5. The number of hydrogen-bond donors (Lipinski definition) is 1. The third-order valence-electron chi connectivity index (χ3n) is 4.15. The van der Waals surface area contributed by atoms with Crippen LogP contribution in [0.25, 0.3) is 11.5 Å². The molecule has 1 unspecified atom stereocenters. The molecule has 0 spiro atoms. The summed E-state index contributed by atoms with van der Waals surface area (Å²) in [6.07, 6.45) is 0. The van der Waals surface area contributed by atoms with Crippen molar-refractivity contribution in [1.29, 1.82) is 0 Å². The highest BCUT2D eigenvalue weighted by molar-refractivity contribution is 7.84. The van der Waals surface area contributed by atoms with Crippen LogP contribution in [0, 0.1) is 6.92 Å². The molecule has 7 nitrogen and oxygen atoms in total. The number of oxazole rings is 1. The molecule has 0 bridgehead atoms. The topological polar surface area (TPSA) is 90.7 Å². The summed E-state index contributed by atoms with van der Waals surface area (Å²) in [5, 5.41) is 4.73. The van der Waals surface area contributed by atoms with Crippen LogP contribution in [0.1, 0.15) is 16.3 Å². The lowest BCUT2D eigenvalue weighted by Gasteiger charge is -2.07. The minimum Gasteiger partial charge on any atom is -0.493 e. The van der Waals surface area contributed by atoms with Gasteiger partial charge in [0.15, 0.2) is 11.5 Å². The molecular formula is C20H22N2O5S2. The highest BCUT2D eigenvalue weighted by Gasteiger charge is 2.17. The van der Waals surface area contributed by atoms with Crippen molar-refractivity contribution in [1.82, 2.24) is 10.3 Å². The second-order valence-electron chi connectivity index (χ2n) is 6.18. The monoisotopic (exact) mass is 434 g/mol. The quantitative estimate of drug-likeness (QED) is 0.556. The molecule has 1 aromatic carbocycles. The molecular weight excluding hydrogens is 412 g/mol. The van der Waals surface area contributed by atoms with Crippen LogP contribution < -0.4 is 14.8 Å². The van der Waals surface area contributed by atoms with Gasteiger partial charge < -0.3 is 19.2 Å². The maximum Gasteiger partial charge on any atom is 0.232 e. The number of aromatic nitrogens is 1. The van der Waals surface area contributed by atoms with E-state index < -0.39 is 10.8 Å². The first-order chi connectivity index (χ1) is 14.0. The molecule has 1 N–H and O–H groups in total. The average Bonchev–Trinajstić information content (AvgIpc) is 3.36. The van der Waals surface area contributed by atoms with E-state index >= 15 is 0 Å². The third-order valence-corrected chi connectivity index (χ3v) is 6.21. The Balaban J connectivity index is 1.62. The normalized spacial score (nSPS) is 11.8. The maximum absolute atomic E-state index is 12.4. The van der Waals surface area contributed by atoms with E-state index in [1.807, 2.05) is 23.6 Å². The van der Waals surface area contributed by atoms with E-state index in [1.165, 1.54) is 0 Å². The lowest BCUT2D eigenvalue weighted by molar-refractivity contribution is -0.118. The van der Waals surface area contributed by atoms with Crippen LogP contribution in [0.2, 0.25) is 0 Å². The van der Waals surface area contributed by atoms with Gasteiger partial charge in [0.2, 0.25) is 11.8 Å². The van der Waals surface area contributed by atoms with Crippen molar-refractivity contribution in [2.75, 3.05) is 20.0 Å². The number of thiophene rings is 1. The second-order valence-corrected chi connectivity index (χ2v) is 8.67. The molecule has 3 rings (SSSR count). The summed E-state index contributed by atoms with van der Waals surface area (Å²) in [5.41, 5.74) is 1.29. The van der Waals surface area contributed by atoms with Crippen LogP contribution in [-0.2, 0) is 27.9 Å². The first-order valence-corrected chi connectivity index (χ1v) is 11.2. The van der Waals surface area contributed by atoms with Crippen molar-refractivity contribution >= 4 is 28.0 Å². The molecule has 1 atom stereocenters. The minimum absolute atomic E-state index is 0.0800. The summed E-state index contributed by atoms with van der Waals surface area (Å²) in [6.45, 7) is 2.21. The fraction of sp³-hybridized carbons (Fsp3) is 0.300. The number of hydrogen-bond acceptors (Lipinski definition) is 7. The number of nitrogens with one attached hydrogen (secondary N) is 1. The van der Waals surface area contributed by atoms with Crippen LogP contribution >= 0.6 is 11.3 Å². The summed E-state index contributed by atoms with van der Waals surface area (Å²) in [7, 11) is 1.73. The molecule has 0 saturated heterocycles. The molecule has 2 aromatic heterocycles. The number of aryl methyl sites for hydroxylation is 1. The van der Waals surface area contributed by atoms with Crippen LogP contribution in [0.4, 0.5) is 0 Å². The molecule has 0 aliphatic rings. The molecule has 29 heavy (non-hydrogen) atoms. The van der Waals surface area contributed by atoms with Gasteiger partial charge in [0.25, 0.3) is 0 Å². The number of amides is 1. The van der Waals surface area contributed by atoms with Gasteiger partial charge in [-0.2, -0.15) is 0 Å². The lowest BCUT2D eigenvalue weighted by Crippen LogP contribution is -2.28. The summed E-state index contributed by atoms with van der Waals surface area (Å²) in [6, 6.07) is 9.21. The Kier molecular flexibility index (Phi) is 7.05. The SMILES string of the molecule is COc1ccc(-c2nc(CS(=O)CC(=O)NCc3cccs3)c(C)o2)cc1OC. The van der Waals surface area contributed by atoms with Gasteiger partial charge in [-0.1, -0.05) is 6.07 Å². The molecule has 0 aliphatic heterocycles. The smallest absolute Gasteiger partial charge is 0.232 e. The minimum atomic E-state index is -1.39. The second kappa shape index (κ2) is 9.71. The van der Waals surface area contributed by atoms with E-state index in [4.69, 9.17) is 13.9 Å². The Labute approximate surface area is 175 Å². The first-order valence-electron chi connectivity index (χ1n) is 8.83. The molecule has 3 aromatic rings. The summed E-state index contributed by atoms with van der Waals surface area (Å²) < 4.78 is 28.7. The van der Waals surface area contributed by atoms with E-state index in [0.29, 0.717) is 35.4 Å². The molecule has 0 saturated carbocycles. The van der Waals surface area contributed by atoms with Crippen molar-refractivity contribution < 1.29 is 22.9 Å². The molecule has 9 heteroatoms. The standard InChI is InChI=1S/C20H22N2O5S2/c1-13-16(11-29(24)12-19(23)21-10-15-5-4-8-28-15)22-20(27-13)14-6-7-17(25-2)18(9-14)26-3/h4-9H,10-12H2,1-3H3,(H,21,23). The Morgan fingerprint density at radius 2 is 2.03 bits per heavy atom. The predicted molar refractivity (Wildman–Crippen MR) is 113 cm³/mol. The van der Waals surface area contributed by atoms with E-state index in [-0.39, 0.29) is 17.4 Å². The van der Waals surface area contributed by atoms with Gasteiger partial charge in [-0.05, 0) is 36.6 Å². The molecule has 0 radical (unpaired) electrons. The zero-order valence-corrected chi connectivity index (χ0v) is 18.0. The Hall–Kier alpha value is -2.65. The van der Waals surface area contributed by atoms with E-state index in [2.05, 4.69) is 10.3 Å². The van der Waals surface area contributed by atoms with Gasteiger partial charge in [-0.15, -0.1) is 11.3 Å². The molecule has 0 fully saturated rings. The number of nitrogens with zero attached hydrogens (tertiary/aromatic N) is 1. The van der Waals surface area contributed by atoms with Gasteiger partial charge in [0, 0.05) is 21.2 Å². The summed E-state index contributed by atoms with van der Waals surface area (Å²) in [5.74, 6) is 1.96. The number of methoxy groups -OCH3 is 2. The zero-order valence-electron chi connectivity index (χ0n) is 16.4. The average molecular weight is 435 g/mol. The highest BCUT2D eigenvalue weighted by atomic mass is 32.2. The first kappa shape index (κ1) is 21.1. The van der Waals surface area contributed by atoms with Crippen molar-refractivity contribution in [3.8, 4) is 23.0 Å². The van der Waals surface area contributed by atoms with Crippen molar-refractivity contribution in [3.05, 3.63) is 52.0 Å². The van der Waals surface area contributed by atoms with Crippen LogP contribution in [0.5, 0.6) is 11.5 Å². The number of rotatable bonds is 9. The Morgan fingerprint density at radius 1 is 1.24 bits per heavy atom. The maximum atomic E-state index is 12.4. The van der Waals surface area contributed by atoms with E-state index in [9.17, 15) is 9.00 Å². The van der Waals surface area contributed by atoms with Crippen LogP contribution in [0.3, 0.4) is 0 Å². The Bertz CT molecular complexity index is 998. The molecule has 2 heterocycles. The molecule has 0 aliphatic carbocycles. The number of carbonyl (C=O) groups excluding carboxylic acids is 1. The van der Waals surface area contributed by atoms with Gasteiger partial charge in [0.1, 0.15) is 11.5 Å². The summed E-state index contributed by atoms with van der Waals surface area (Å²) >= 11 is 1.56. The fourth-order valence-electron chi connectivity index (χ4n) is 2.65. The van der Waals surface area contributed by atoms with Gasteiger partial charge in [0.05, 0.1) is 32.2 Å². The van der Waals surface area contributed by atoms with Crippen molar-refractivity contribution in [3.63, 3.8) is 0 Å². The Morgan fingerprint density at radius 3 is 2.72 bits per heavy atom. The van der Waals surface area contributed by atoms with Gasteiger partial charge in [-0.3, -0.25) is 9.00 Å². The fourth-order valence-corrected chi connectivity index (χ4v) is 4.37. The molecule has 154 valence electrons. The largest absolute Gasteiger partial charge is 0.493 e. The zero-order chi connectivity index (χ0) is 20.8. The van der Waals surface area contributed by atoms with E-state index in [0.717, 1.165) is 10.4 Å².